The number of aliphatic hydroxyl groups excluding tert-OH is 1. The summed E-state index contributed by atoms with van der Waals surface area (Å²) in [7, 11) is -4.85. The Kier molecular flexibility index (Phi) is 12.2. The highest BCUT2D eigenvalue weighted by molar-refractivity contribution is 7.50. The number of ether oxygens (including phenoxy) is 1. The van der Waals surface area contributed by atoms with Gasteiger partial charge in [0.05, 0.1) is 6.61 Å². The van der Waals surface area contributed by atoms with Gasteiger partial charge in [-0.25, -0.2) is 14.4 Å². The van der Waals surface area contributed by atoms with Crippen molar-refractivity contribution < 1.29 is 58.3 Å². The van der Waals surface area contributed by atoms with E-state index in [9.17, 15) is 28.6 Å². The lowest BCUT2D eigenvalue weighted by Gasteiger charge is -2.21. The predicted molar refractivity (Wildman–Crippen MR) is 92.2 cm³/mol. The van der Waals surface area contributed by atoms with Crippen LogP contribution in [0.15, 0.2) is 0 Å². The molecule has 0 aliphatic rings. The molecule has 16 heteroatoms. The lowest BCUT2D eigenvalue weighted by atomic mass is 10.2. The normalized spacial score (nSPS) is 16.2. The smallest absolute Gasteiger partial charge is 0.403 e. The van der Waals surface area contributed by atoms with Crippen molar-refractivity contribution in [2.75, 3.05) is 13.4 Å². The van der Waals surface area contributed by atoms with E-state index in [1.54, 1.807) is 5.09 Å². The Morgan fingerprint density at radius 1 is 1.00 bits per heavy atom. The van der Waals surface area contributed by atoms with Crippen LogP contribution >= 0.6 is 7.75 Å². The molecule has 29 heavy (non-hydrogen) atoms. The minimum atomic E-state index is -4.85. The van der Waals surface area contributed by atoms with E-state index in [0.717, 1.165) is 0 Å². The zero-order chi connectivity index (χ0) is 22.6. The van der Waals surface area contributed by atoms with E-state index in [0.29, 0.717) is 0 Å². The second-order valence-corrected chi connectivity index (χ2v) is 7.16. The van der Waals surface area contributed by atoms with Crippen LogP contribution in [0.1, 0.15) is 25.7 Å². The summed E-state index contributed by atoms with van der Waals surface area (Å²) < 4.78 is 21.0. The lowest BCUT2D eigenvalue weighted by Crippen LogP contribution is -2.45. The number of nitrogens with two attached hydrogens (primary N) is 1. The quantitative estimate of drug-likeness (QED) is 0.0911. The molecular weight excluding hydrogens is 421 g/mol. The highest BCUT2D eigenvalue weighted by atomic mass is 31.2. The van der Waals surface area contributed by atoms with Crippen LogP contribution in [-0.2, 0) is 33.0 Å². The van der Waals surface area contributed by atoms with Crippen molar-refractivity contribution in [2.24, 2.45) is 5.73 Å². The maximum absolute atomic E-state index is 11.9. The van der Waals surface area contributed by atoms with Gasteiger partial charge >= 0.3 is 25.7 Å². The van der Waals surface area contributed by atoms with Crippen LogP contribution in [0.3, 0.4) is 0 Å². The molecule has 0 bridgehead atoms. The molecule has 0 heterocycles. The van der Waals surface area contributed by atoms with Gasteiger partial charge in [-0.05, 0) is 12.8 Å². The fourth-order valence-corrected chi connectivity index (χ4v) is 2.87. The van der Waals surface area contributed by atoms with E-state index in [2.05, 4.69) is 9.26 Å². The molecule has 9 N–H and O–H groups in total. The Morgan fingerprint density at radius 2 is 1.59 bits per heavy atom. The molecule has 0 rings (SSSR count). The summed E-state index contributed by atoms with van der Waals surface area (Å²) in [6.45, 7) is -1.66. The van der Waals surface area contributed by atoms with Gasteiger partial charge in [0.1, 0.15) is 19.1 Å². The number of carbonyl (C=O) groups is 4. The summed E-state index contributed by atoms with van der Waals surface area (Å²) in [5.41, 5.74) is 5.39. The molecule has 0 aromatic carbocycles. The maximum atomic E-state index is 11.9. The second-order valence-electron chi connectivity index (χ2n) is 5.60. The van der Waals surface area contributed by atoms with Gasteiger partial charge in [-0.2, -0.15) is 0 Å². The second kappa shape index (κ2) is 13.2. The zero-order valence-electron chi connectivity index (χ0n) is 15.1. The Morgan fingerprint density at radius 3 is 2.07 bits per heavy atom. The zero-order valence-corrected chi connectivity index (χ0v) is 16.0. The first-order valence-corrected chi connectivity index (χ1v) is 9.65. The van der Waals surface area contributed by atoms with Crippen LogP contribution in [0.4, 0.5) is 0 Å². The average Bonchev–Trinajstić information content (AvgIpc) is 2.60. The molecule has 0 fully saturated rings. The van der Waals surface area contributed by atoms with E-state index >= 15 is 0 Å². The number of rotatable bonds is 16. The van der Waals surface area contributed by atoms with Crippen molar-refractivity contribution in [3.63, 3.8) is 0 Å². The highest BCUT2D eigenvalue weighted by Gasteiger charge is 2.31. The van der Waals surface area contributed by atoms with Crippen molar-refractivity contribution in [1.29, 1.82) is 0 Å². The van der Waals surface area contributed by atoms with Gasteiger partial charge in [-0.3, -0.25) is 18.9 Å². The Labute approximate surface area is 164 Å². The van der Waals surface area contributed by atoms with E-state index in [4.69, 9.17) is 26.2 Å². The van der Waals surface area contributed by atoms with Crippen molar-refractivity contribution in [1.82, 2.24) is 10.4 Å². The van der Waals surface area contributed by atoms with Gasteiger partial charge in [0.25, 0.3) is 0 Å². The summed E-state index contributed by atoms with van der Waals surface area (Å²) >= 11 is 0. The first-order valence-electron chi connectivity index (χ1n) is 8.08. The number of carboxylic acids is 3. The molecule has 0 saturated heterocycles. The SMILES string of the molecule is N[C@@H](CCC(=O)N[C@@H](COP(=O)(O)N[C@@H](CCC(=O)O)C(=O)O)C(=O)O)OCO. The number of carboxylic acid groups (broad SMARTS) is 3. The molecule has 0 saturated carbocycles. The van der Waals surface area contributed by atoms with Gasteiger partial charge in [0, 0.05) is 12.8 Å². The van der Waals surface area contributed by atoms with Crippen molar-refractivity contribution in [2.45, 2.75) is 44.0 Å². The number of hydrogen-bond acceptors (Lipinski definition) is 9. The monoisotopic (exact) mass is 445 g/mol. The fourth-order valence-electron chi connectivity index (χ4n) is 1.81. The number of aliphatic carboxylic acids is 3. The molecule has 4 atom stereocenters. The summed E-state index contributed by atoms with van der Waals surface area (Å²) in [6, 6.07) is -3.49. The van der Waals surface area contributed by atoms with Crippen LogP contribution in [0, 0.1) is 0 Å². The van der Waals surface area contributed by atoms with Crippen molar-refractivity contribution in [3.8, 4) is 0 Å². The van der Waals surface area contributed by atoms with Gasteiger partial charge in [0.15, 0.2) is 6.04 Å². The molecule has 168 valence electrons. The van der Waals surface area contributed by atoms with E-state index in [1.807, 2.05) is 5.32 Å². The van der Waals surface area contributed by atoms with Crippen LogP contribution < -0.4 is 16.1 Å². The van der Waals surface area contributed by atoms with Crippen LogP contribution in [-0.4, -0.2) is 80.8 Å². The van der Waals surface area contributed by atoms with Crippen LogP contribution in [0.2, 0.25) is 0 Å². The number of nitrogens with one attached hydrogen (secondary N) is 2. The summed E-state index contributed by atoms with van der Waals surface area (Å²) in [6.07, 6.45) is -2.45. The molecule has 1 amide bonds. The molecule has 0 aliphatic heterocycles. The first-order chi connectivity index (χ1) is 13.4. The lowest BCUT2D eigenvalue weighted by molar-refractivity contribution is -0.143. The Hall–Kier alpha value is -2.13. The van der Waals surface area contributed by atoms with E-state index < -0.39 is 76.1 Å². The van der Waals surface area contributed by atoms with E-state index in [-0.39, 0.29) is 12.8 Å². The van der Waals surface area contributed by atoms with Crippen LogP contribution in [0.5, 0.6) is 0 Å². The number of aliphatic hydroxyl groups is 1. The number of hydrogen-bond donors (Lipinski definition) is 8. The van der Waals surface area contributed by atoms with Crippen LogP contribution in [0.25, 0.3) is 0 Å². The third-order valence-electron chi connectivity index (χ3n) is 3.26. The summed E-state index contributed by atoms with van der Waals surface area (Å²) in [5, 5.41) is 38.8. The fraction of sp³-hybridized carbons (Fsp3) is 0.692. The molecule has 15 nitrogen and oxygen atoms in total. The molecule has 0 aliphatic carbocycles. The van der Waals surface area contributed by atoms with Crippen molar-refractivity contribution in [3.05, 3.63) is 0 Å². The summed E-state index contributed by atoms with van der Waals surface area (Å²) in [4.78, 5) is 54.1. The topological polar surface area (TPSA) is 255 Å². The third kappa shape index (κ3) is 12.8. The minimum absolute atomic E-state index is 0.0521. The molecule has 1 unspecified atom stereocenters. The highest BCUT2D eigenvalue weighted by Crippen LogP contribution is 2.38. The number of carbonyl (C=O) groups excluding carboxylic acids is 1. The van der Waals surface area contributed by atoms with Gasteiger partial charge in [-0.15, -0.1) is 0 Å². The average molecular weight is 445 g/mol. The summed E-state index contributed by atoms with van der Waals surface area (Å²) in [5.74, 6) is -5.35. The first kappa shape index (κ1) is 26.9. The molecule has 0 aromatic heterocycles. The van der Waals surface area contributed by atoms with Gasteiger partial charge in [0.2, 0.25) is 5.91 Å². The molecule has 0 radical (unpaired) electrons. The van der Waals surface area contributed by atoms with Gasteiger partial charge < -0.3 is 41.1 Å². The molecule has 0 spiro atoms. The minimum Gasteiger partial charge on any atom is -0.481 e. The molecular formula is C13H24N3O12P. The largest absolute Gasteiger partial charge is 0.481 e. The molecule has 0 aromatic rings. The Bertz CT molecular complexity index is 630. The Balaban J connectivity index is 4.73. The van der Waals surface area contributed by atoms with Gasteiger partial charge in [-0.1, -0.05) is 0 Å². The predicted octanol–water partition coefficient (Wildman–Crippen LogP) is -2.39. The van der Waals surface area contributed by atoms with Crippen molar-refractivity contribution >= 4 is 31.6 Å². The standard InChI is InChI=1S/C13H24N3O12P/c14-9(27-6-17)2-3-10(18)15-8(13(23)24)5-28-29(25,26)16-7(12(21)22)1-4-11(19)20/h7-9,17H,1-6,14H2,(H,15,18)(H,19,20)(H,21,22)(H,23,24)(H2,16,25,26)/t7-,8-,9+/m0/s1. The third-order valence-corrected chi connectivity index (χ3v) is 4.40. The maximum Gasteiger partial charge on any atom is 0.403 e. The number of amides is 1. The van der Waals surface area contributed by atoms with E-state index in [1.165, 1.54) is 0 Å².